The SMILES string of the molecule is CC1CCCC(N)(CN(C)CCN(C)C)C1. The summed E-state index contributed by atoms with van der Waals surface area (Å²) in [5.41, 5.74) is 6.57. The summed E-state index contributed by atoms with van der Waals surface area (Å²) in [6.07, 6.45) is 5.06. The van der Waals surface area contributed by atoms with Gasteiger partial charge in [-0.1, -0.05) is 19.8 Å². The molecule has 0 aromatic carbocycles. The van der Waals surface area contributed by atoms with Crippen LogP contribution in [0.5, 0.6) is 0 Å². The standard InChI is InChI=1S/C13H29N3/c1-12-6-5-7-13(14,10-12)11-16(4)9-8-15(2)3/h12H,5-11,14H2,1-4H3. The fourth-order valence-electron chi connectivity index (χ4n) is 2.83. The molecule has 0 aromatic rings. The first-order valence-electron chi connectivity index (χ1n) is 6.53. The van der Waals surface area contributed by atoms with Gasteiger partial charge in [-0.05, 0) is 39.9 Å². The van der Waals surface area contributed by atoms with Crippen molar-refractivity contribution in [3.63, 3.8) is 0 Å². The van der Waals surface area contributed by atoms with Gasteiger partial charge < -0.3 is 15.5 Å². The van der Waals surface area contributed by atoms with E-state index in [1.54, 1.807) is 0 Å². The highest BCUT2D eigenvalue weighted by Crippen LogP contribution is 2.30. The third kappa shape index (κ3) is 4.81. The summed E-state index contributed by atoms with van der Waals surface area (Å²) in [7, 11) is 6.43. The molecule has 2 N–H and O–H groups in total. The summed E-state index contributed by atoms with van der Waals surface area (Å²) in [4.78, 5) is 4.61. The molecule has 1 aliphatic carbocycles. The van der Waals surface area contributed by atoms with Gasteiger partial charge in [-0.15, -0.1) is 0 Å². The molecule has 3 nitrogen and oxygen atoms in total. The molecule has 0 amide bonds. The normalized spacial score (nSPS) is 31.3. The Balaban J connectivity index is 2.33. The first kappa shape index (κ1) is 13.9. The van der Waals surface area contributed by atoms with Crippen molar-refractivity contribution in [1.29, 1.82) is 0 Å². The van der Waals surface area contributed by atoms with E-state index in [0.717, 1.165) is 25.6 Å². The predicted octanol–water partition coefficient (Wildman–Crippen LogP) is 1.39. The van der Waals surface area contributed by atoms with Gasteiger partial charge in [0.25, 0.3) is 0 Å². The van der Waals surface area contributed by atoms with E-state index in [-0.39, 0.29) is 5.54 Å². The molecule has 0 aromatic heterocycles. The number of likely N-dealkylation sites (N-methyl/N-ethyl adjacent to an activating group) is 2. The Morgan fingerprint density at radius 1 is 1.25 bits per heavy atom. The molecule has 0 bridgehead atoms. The van der Waals surface area contributed by atoms with E-state index < -0.39 is 0 Å². The smallest absolute Gasteiger partial charge is 0.0285 e. The lowest BCUT2D eigenvalue weighted by Gasteiger charge is -2.39. The summed E-state index contributed by atoms with van der Waals surface area (Å²) < 4.78 is 0. The van der Waals surface area contributed by atoms with E-state index in [1.807, 2.05) is 0 Å². The molecule has 1 aliphatic rings. The third-order valence-corrected chi connectivity index (χ3v) is 3.64. The second kappa shape index (κ2) is 5.99. The highest BCUT2D eigenvalue weighted by molar-refractivity contribution is 4.91. The highest BCUT2D eigenvalue weighted by Gasteiger charge is 2.31. The van der Waals surface area contributed by atoms with E-state index in [2.05, 4.69) is 37.9 Å². The summed E-state index contributed by atoms with van der Waals surface area (Å²) in [5, 5.41) is 0. The maximum Gasteiger partial charge on any atom is 0.0285 e. The van der Waals surface area contributed by atoms with Crippen molar-refractivity contribution in [2.45, 2.75) is 38.1 Å². The fourth-order valence-corrected chi connectivity index (χ4v) is 2.83. The average Bonchev–Trinajstić information content (AvgIpc) is 2.13. The van der Waals surface area contributed by atoms with Crippen LogP contribution in [-0.2, 0) is 0 Å². The van der Waals surface area contributed by atoms with Crippen LogP contribution < -0.4 is 5.73 Å². The van der Waals surface area contributed by atoms with Crippen LogP contribution in [0.1, 0.15) is 32.6 Å². The maximum atomic E-state index is 6.50. The molecule has 0 heterocycles. The summed E-state index contributed by atoms with van der Waals surface area (Å²) in [6, 6.07) is 0. The van der Waals surface area contributed by atoms with E-state index in [9.17, 15) is 0 Å². The molecule has 3 heteroatoms. The summed E-state index contributed by atoms with van der Waals surface area (Å²) >= 11 is 0. The van der Waals surface area contributed by atoms with Crippen molar-refractivity contribution in [2.75, 3.05) is 40.8 Å². The molecule has 1 rings (SSSR count). The molecule has 0 radical (unpaired) electrons. The van der Waals surface area contributed by atoms with Crippen LogP contribution in [-0.4, -0.2) is 56.1 Å². The molecule has 0 aliphatic heterocycles. The monoisotopic (exact) mass is 227 g/mol. The molecule has 0 spiro atoms. The molecule has 96 valence electrons. The van der Waals surface area contributed by atoms with Crippen molar-refractivity contribution < 1.29 is 0 Å². The van der Waals surface area contributed by atoms with Gasteiger partial charge in [0.1, 0.15) is 0 Å². The Kier molecular flexibility index (Phi) is 5.22. The van der Waals surface area contributed by atoms with Crippen LogP contribution in [0.15, 0.2) is 0 Å². The number of nitrogens with zero attached hydrogens (tertiary/aromatic N) is 2. The van der Waals surface area contributed by atoms with Crippen LogP contribution in [0.2, 0.25) is 0 Å². The lowest BCUT2D eigenvalue weighted by molar-refractivity contribution is 0.162. The van der Waals surface area contributed by atoms with Crippen LogP contribution in [0, 0.1) is 5.92 Å². The molecule has 2 atom stereocenters. The van der Waals surface area contributed by atoms with Gasteiger partial charge in [-0.25, -0.2) is 0 Å². The maximum absolute atomic E-state index is 6.50. The van der Waals surface area contributed by atoms with Crippen LogP contribution in [0.3, 0.4) is 0 Å². The Morgan fingerprint density at radius 2 is 1.94 bits per heavy atom. The topological polar surface area (TPSA) is 32.5 Å². The number of rotatable bonds is 5. The van der Waals surface area contributed by atoms with Crippen molar-refractivity contribution >= 4 is 0 Å². The number of hydrogen-bond donors (Lipinski definition) is 1. The Labute approximate surface area is 101 Å². The minimum absolute atomic E-state index is 0.0682. The molecular formula is C13H29N3. The first-order chi connectivity index (χ1) is 7.41. The Morgan fingerprint density at radius 3 is 2.50 bits per heavy atom. The van der Waals surface area contributed by atoms with Crippen molar-refractivity contribution in [3.05, 3.63) is 0 Å². The molecule has 1 saturated carbocycles. The van der Waals surface area contributed by atoms with Gasteiger partial charge in [-0.3, -0.25) is 0 Å². The van der Waals surface area contributed by atoms with Crippen molar-refractivity contribution in [3.8, 4) is 0 Å². The van der Waals surface area contributed by atoms with Gasteiger partial charge in [0.05, 0.1) is 0 Å². The van der Waals surface area contributed by atoms with E-state index in [0.29, 0.717) is 0 Å². The first-order valence-corrected chi connectivity index (χ1v) is 6.53. The largest absolute Gasteiger partial charge is 0.324 e. The molecule has 1 fully saturated rings. The van der Waals surface area contributed by atoms with Gasteiger partial charge in [0.2, 0.25) is 0 Å². The predicted molar refractivity (Wildman–Crippen MR) is 70.6 cm³/mol. The minimum Gasteiger partial charge on any atom is -0.324 e. The van der Waals surface area contributed by atoms with Gasteiger partial charge in [0.15, 0.2) is 0 Å². The van der Waals surface area contributed by atoms with Crippen LogP contribution in [0.25, 0.3) is 0 Å². The summed E-state index contributed by atoms with van der Waals surface area (Å²) in [5.74, 6) is 0.806. The molecule has 2 unspecified atom stereocenters. The minimum atomic E-state index is 0.0682. The van der Waals surface area contributed by atoms with Gasteiger partial charge >= 0.3 is 0 Å². The number of nitrogens with two attached hydrogens (primary N) is 1. The van der Waals surface area contributed by atoms with E-state index >= 15 is 0 Å². The lowest BCUT2D eigenvalue weighted by Crippen LogP contribution is -2.52. The molecular weight excluding hydrogens is 198 g/mol. The summed E-state index contributed by atoms with van der Waals surface area (Å²) in [6.45, 7) is 5.61. The number of hydrogen-bond acceptors (Lipinski definition) is 3. The third-order valence-electron chi connectivity index (χ3n) is 3.64. The van der Waals surface area contributed by atoms with Crippen LogP contribution >= 0.6 is 0 Å². The zero-order valence-corrected chi connectivity index (χ0v) is 11.5. The van der Waals surface area contributed by atoms with E-state index in [1.165, 1.54) is 25.7 Å². The lowest BCUT2D eigenvalue weighted by atomic mass is 9.77. The quantitative estimate of drug-likeness (QED) is 0.770. The second-order valence-corrected chi connectivity index (χ2v) is 6.10. The van der Waals surface area contributed by atoms with E-state index in [4.69, 9.17) is 5.73 Å². The van der Waals surface area contributed by atoms with Gasteiger partial charge in [-0.2, -0.15) is 0 Å². The average molecular weight is 227 g/mol. The molecule has 16 heavy (non-hydrogen) atoms. The fraction of sp³-hybridized carbons (Fsp3) is 1.00. The van der Waals surface area contributed by atoms with Crippen LogP contribution in [0.4, 0.5) is 0 Å². The molecule has 0 saturated heterocycles. The highest BCUT2D eigenvalue weighted by atomic mass is 15.2. The zero-order chi connectivity index (χ0) is 12.2. The van der Waals surface area contributed by atoms with Crippen molar-refractivity contribution in [1.82, 2.24) is 9.80 Å². The Bertz CT molecular complexity index is 205. The Hall–Kier alpha value is -0.120. The zero-order valence-electron chi connectivity index (χ0n) is 11.5. The van der Waals surface area contributed by atoms with Gasteiger partial charge in [0, 0.05) is 25.2 Å². The van der Waals surface area contributed by atoms with Crippen molar-refractivity contribution in [2.24, 2.45) is 11.7 Å². The second-order valence-electron chi connectivity index (χ2n) is 6.10.